The van der Waals surface area contributed by atoms with E-state index in [0.29, 0.717) is 18.4 Å². The van der Waals surface area contributed by atoms with Crippen LogP contribution in [0, 0.1) is 11.8 Å². The number of hydrogen-bond donors (Lipinski definition) is 2. The highest BCUT2D eigenvalue weighted by molar-refractivity contribution is 5.74. The molecule has 1 aromatic rings. The van der Waals surface area contributed by atoms with Gasteiger partial charge in [-0.25, -0.2) is 4.79 Å². The Morgan fingerprint density at radius 1 is 1.35 bits per heavy atom. The number of rotatable bonds is 6. The van der Waals surface area contributed by atoms with Crippen LogP contribution >= 0.6 is 0 Å². The van der Waals surface area contributed by atoms with Gasteiger partial charge in [0.25, 0.3) is 0 Å². The zero-order chi connectivity index (χ0) is 16.8. The molecule has 1 aliphatic heterocycles. The number of nitrogens with one attached hydrogen (secondary N) is 2. The van der Waals surface area contributed by atoms with Gasteiger partial charge in [-0.3, -0.25) is 0 Å². The number of para-hydroxylation sites is 2. The normalized spacial score (nSPS) is 18.8. The van der Waals surface area contributed by atoms with Crippen LogP contribution in [0.2, 0.25) is 0 Å². The number of ether oxygens (including phenoxy) is 1. The van der Waals surface area contributed by atoms with E-state index in [1.165, 1.54) is 0 Å². The largest absolute Gasteiger partial charge is 0.495 e. The van der Waals surface area contributed by atoms with Gasteiger partial charge in [0.05, 0.1) is 12.8 Å². The zero-order valence-electron chi connectivity index (χ0n) is 14.6. The van der Waals surface area contributed by atoms with Crippen LogP contribution < -0.4 is 20.3 Å². The summed E-state index contributed by atoms with van der Waals surface area (Å²) in [5, 5.41) is 5.98. The van der Waals surface area contributed by atoms with E-state index >= 15 is 0 Å². The summed E-state index contributed by atoms with van der Waals surface area (Å²) in [5.41, 5.74) is 1.13. The van der Waals surface area contributed by atoms with Gasteiger partial charge in [-0.2, -0.15) is 0 Å². The van der Waals surface area contributed by atoms with E-state index in [4.69, 9.17) is 4.74 Å². The highest BCUT2D eigenvalue weighted by Gasteiger charge is 2.25. The van der Waals surface area contributed by atoms with Crippen molar-refractivity contribution < 1.29 is 9.53 Å². The Morgan fingerprint density at radius 3 is 2.78 bits per heavy atom. The van der Waals surface area contributed by atoms with E-state index in [1.807, 2.05) is 25.1 Å². The Hall–Kier alpha value is -1.91. The molecule has 1 saturated heterocycles. The average Bonchev–Trinajstić information content (AvgIpc) is 3.01. The Balaban J connectivity index is 1.81. The first-order chi connectivity index (χ1) is 11.0. The molecule has 0 aromatic heterocycles. The van der Waals surface area contributed by atoms with Crippen molar-refractivity contribution in [2.75, 3.05) is 31.6 Å². The molecule has 0 saturated carbocycles. The lowest BCUT2D eigenvalue weighted by Crippen LogP contribution is -2.44. The summed E-state index contributed by atoms with van der Waals surface area (Å²) in [6, 6.07) is 8.21. The third-order valence-corrected chi connectivity index (χ3v) is 4.62. The molecule has 128 valence electrons. The number of benzene rings is 1. The maximum absolute atomic E-state index is 11.9. The molecule has 0 bridgehead atoms. The van der Waals surface area contributed by atoms with Crippen LogP contribution in [0.15, 0.2) is 24.3 Å². The fourth-order valence-corrected chi connectivity index (χ4v) is 2.77. The smallest absolute Gasteiger partial charge is 0.315 e. The number of anilines is 1. The van der Waals surface area contributed by atoms with Crippen LogP contribution in [-0.4, -0.2) is 38.8 Å². The lowest BCUT2D eigenvalue weighted by molar-refractivity contribution is 0.233. The predicted octanol–water partition coefficient (Wildman–Crippen LogP) is 2.87. The zero-order valence-corrected chi connectivity index (χ0v) is 14.6. The maximum atomic E-state index is 11.9. The minimum Gasteiger partial charge on any atom is -0.495 e. The lowest BCUT2D eigenvalue weighted by atomic mass is 10.1. The Bertz CT molecular complexity index is 519. The number of hydrogen-bond acceptors (Lipinski definition) is 3. The number of methoxy groups -OCH3 is 1. The van der Waals surface area contributed by atoms with Crippen molar-refractivity contribution in [1.29, 1.82) is 0 Å². The van der Waals surface area contributed by atoms with Gasteiger partial charge in [0.1, 0.15) is 5.75 Å². The summed E-state index contributed by atoms with van der Waals surface area (Å²) in [7, 11) is 1.70. The molecule has 2 amide bonds. The molecule has 0 unspecified atom stereocenters. The van der Waals surface area contributed by atoms with Crippen molar-refractivity contribution in [3.8, 4) is 5.75 Å². The van der Waals surface area contributed by atoms with Gasteiger partial charge in [-0.05, 0) is 37.3 Å². The molecule has 2 atom stereocenters. The Kier molecular flexibility index (Phi) is 6.13. The fraction of sp³-hybridized carbons (Fsp3) is 0.611. The molecular weight excluding hydrogens is 290 g/mol. The lowest BCUT2D eigenvalue weighted by Gasteiger charge is -2.22. The van der Waals surface area contributed by atoms with Gasteiger partial charge < -0.3 is 20.3 Å². The van der Waals surface area contributed by atoms with Crippen LogP contribution in [0.3, 0.4) is 0 Å². The number of urea groups is 1. The van der Waals surface area contributed by atoms with Crippen molar-refractivity contribution in [1.82, 2.24) is 10.6 Å². The first kappa shape index (κ1) is 17.4. The van der Waals surface area contributed by atoms with Gasteiger partial charge in [0.15, 0.2) is 0 Å². The van der Waals surface area contributed by atoms with Gasteiger partial charge in [0, 0.05) is 25.7 Å². The van der Waals surface area contributed by atoms with Crippen molar-refractivity contribution in [2.24, 2.45) is 11.8 Å². The second-order valence-electron chi connectivity index (χ2n) is 6.66. The maximum Gasteiger partial charge on any atom is 0.315 e. The third kappa shape index (κ3) is 4.78. The number of nitrogens with zero attached hydrogens (tertiary/aromatic N) is 1. The quantitative estimate of drug-likeness (QED) is 0.848. The second kappa shape index (κ2) is 8.09. The van der Waals surface area contributed by atoms with Crippen LogP contribution in [0.25, 0.3) is 0 Å². The first-order valence-electron chi connectivity index (χ1n) is 8.43. The highest BCUT2D eigenvalue weighted by Crippen LogP contribution is 2.31. The molecule has 2 rings (SSSR count). The molecular formula is C18H29N3O2. The molecule has 23 heavy (non-hydrogen) atoms. The summed E-state index contributed by atoms with van der Waals surface area (Å²) in [4.78, 5) is 14.2. The van der Waals surface area contributed by atoms with Crippen molar-refractivity contribution in [2.45, 2.75) is 33.2 Å². The molecule has 0 radical (unpaired) electrons. The van der Waals surface area contributed by atoms with E-state index in [1.54, 1.807) is 7.11 Å². The molecule has 5 heteroatoms. The average molecular weight is 319 g/mol. The van der Waals surface area contributed by atoms with Crippen LogP contribution in [-0.2, 0) is 0 Å². The standard InChI is InChI=1S/C18H29N3O2/c1-13(2)14(3)20-18(22)19-11-15-9-10-21(12-15)16-7-5-6-8-17(16)23-4/h5-8,13-15H,9-12H2,1-4H3,(H2,19,20,22)/t14-,15+/m0/s1. The molecule has 2 N–H and O–H groups in total. The Labute approximate surface area is 139 Å². The minimum absolute atomic E-state index is 0.0676. The topological polar surface area (TPSA) is 53.6 Å². The van der Waals surface area contributed by atoms with Crippen molar-refractivity contribution >= 4 is 11.7 Å². The number of carbonyl (C=O) groups is 1. The van der Waals surface area contributed by atoms with Gasteiger partial charge >= 0.3 is 6.03 Å². The molecule has 1 fully saturated rings. The molecule has 1 aliphatic rings. The summed E-state index contributed by atoms with van der Waals surface area (Å²) in [6.07, 6.45) is 1.08. The van der Waals surface area contributed by atoms with Gasteiger partial charge in [0.2, 0.25) is 0 Å². The molecule has 1 aromatic carbocycles. The summed E-state index contributed by atoms with van der Waals surface area (Å²) >= 11 is 0. The van der Waals surface area contributed by atoms with Crippen LogP contribution in [0.1, 0.15) is 27.2 Å². The van der Waals surface area contributed by atoms with E-state index in [-0.39, 0.29) is 12.1 Å². The van der Waals surface area contributed by atoms with Crippen molar-refractivity contribution in [3.63, 3.8) is 0 Å². The molecule has 5 nitrogen and oxygen atoms in total. The monoisotopic (exact) mass is 319 g/mol. The van der Waals surface area contributed by atoms with Crippen LogP contribution in [0.5, 0.6) is 5.75 Å². The fourth-order valence-electron chi connectivity index (χ4n) is 2.77. The summed E-state index contributed by atoms with van der Waals surface area (Å²) in [6.45, 7) is 8.89. The predicted molar refractivity (Wildman–Crippen MR) is 94.1 cm³/mol. The van der Waals surface area contributed by atoms with Gasteiger partial charge in [-0.1, -0.05) is 26.0 Å². The van der Waals surface area contributed by atoms with E-state index in [9.17, 15) is 4.79 Å². The summed E-state index contributed by atoms with van der Waals surface area (Å²) < 4.78 is 5.44. The molecule has 1 heterocycles. The van der Waals surface area contributed by atoms with Crippen LogP contribution in [0.4, 0.5) is 10.5 Å². The minimum atomic E-state index is -0.0676. The van der Waals surface area contributed by atoms with E-state index in [0.717, 1.165) is 30.9 Å². The highest BCUT2D eigenvalue weighted by atomic mass is 16.5. The summed E-state index contributed by atoms with van der Waals surface area (Å²) in [5.74, 6) is 1.82. The van der Waals surface area contributed by atoms with E-state index < -0.39 is 0 Å². The number of amides is 2. The first-order valence-corrected chi connectivity index (χ1v) is 8.43. The van der Waals surface area contributed by atoms with Gasteiger partial charge in [-0.15, -0.1) is 0 Å². The second-order valence-corrected chi connectivity index (χ2v) is 6.66. The van der Waals surface area contributed by atoms with E-state index in [2.05, 4.69) is 35.4 Å². The SMILES string of the molecule is COc1ccccc1N1CC[C@H](CNC(=O)N[C@@H](C)C(C)C)C1. The molecule has 0 aliphatic carbocycles. The third-order valence-electron chi connectivity index (χ3n) is 4.62. The van der Waals surface area contributed by atoms with Crippen molar-refractivity contribution in [3.05, 3.63) is 24.3 Å². The number of carbonyl (C=O) groups excluding carboxylic acids is 1. The molecule has 0 spiro atoms. The Morgan fingerprint density at radius 2 is 2.09 bits per heavy atom.